The lowest BCUT2D eigenvalue weighted by Gasteiger charge is -2.28. The summed E-state index contributed by atoms with van der Waals surface area (Å²) in [7, 11) is 2.10. The minimum atomic E-state index is 0.124. The molecule has 0 N–H and O–H groups in total. The third kappa shape index (κ3) is 3.25. The number of hydrogen-bond donors (Lipinski definition) is 0. The Kier molecular flexibility index (Phi) is 4.73. The first-order valence-corrected chi connectivity index (χ1v) is 12.6. The highest BCUT2D eigenvalue weighted by molar-refractivity contribution is 6.15. The molecule has 3 nitrogen and oxygen atoms in total. The van der Waals surface area contributed by atoms with E-state index in [1.54, 1.807) is 0 Å². The summed E-state index contributed by atoms with van der Waals surface area (Å²) in [6.45, 7) is 13.6. The van der Waals surface area contributed by atoms with Crippen LogP contribution in [0.1, 0.15) is 57.2 Å². The number of benzene rings is 4. The molecule has 0 unspecified atom stereocenters. The van der Waals surface area contributed by atoms with Gasteiger partial charge in [0.05, 0.1) is 12.6 Å². The fraction of sp³-hybridized carbons (Fsp3) is 0.312. The normalized spacial score (nSPS) is 13.0. The molecule has 4 aromatic carbocycles. The third-order valence-corrected chi connectivity index (χ3v) is 7.41. The molecule has 0 amide bonds. The van der Waals surface area contributed by atoms with Crippen LogP contribution in [-0.2, 0) is 13.5 Å². The zero-order chi connectivity index (χ0) is 24.6. The molecule has 5 aromatic rings. The molecule has 1 aromatic heterocycles. The van der Waals surface area contributed by atoms with Crippen LogP contribution in [0.15, 0.2) is 54.9 Å². The first-order valence-electron chi connectivity index (χ1n) is 12.6. The molecule has 0 atom stereocenters. The summed E-state index contributed by atoms with van der Waals surface area (Å²) in [5.41, 5.74) is 7.42. The van der Waals surface area contributed by atoms with E-state index < -0.39 is 0 Å². The van der Waals surface area contributed by atoms with Crippen LogP contribution in [0.3, 0.4) is 0 Å². The quantitative estimate of drug-likeness (QED) is 0.192. The molecule has 1 aliphatic heterocycles. The maximum absolute atomic E-state index is 6.96. The molecule has 0 aliphatic carbocycles. The molecular weight excluding hydrogens is 428 g/mol. The van der Waals surface area contributed by atoms with Crippen LogP contribution >= 0.6 is 0 Å². The summed E-state index contributed by atoms with van der Waals surface area (Å²) >= 11 is 0. The van der Waals surface area contributed by atoms with Crippen LogP contribution in [-0.4, -0.2) is 4.98 Å². The summed E-state index contributed by atoms with van der Waals surface area (Å²) in [4.78, 5) is 4.94. The van der Waals surface area contributed by atoms with E-state index in [1.807, 2.05) is 6.33 Å². The number of hydrogen-bond acceptors (Lipinski definition) is 2. The molecule has 0 saturated heterocycles. The first kappa shape index (κ1) is 22.0. The lowest BCUT2D eigenvalue weighted by molar-refractivity contribution is -0.662. The predicted molar refractivity (Wildman–Crippen MR) is 145 cm³/mol. The van der Waals surface area contributed by atoms with Crippen molar-refractivity contribution in [1.82, 2.24) is 4.98 Å². The molecule has 2 heterocycles. The first-order chi connectivity index (χ1) is 16.7. The van der Waals surface area contributed by atoms with Crippen LogP contribution in [0.25, 0.3) is 43.7 Å². The van der Waals surface area contributed by atoms with Crippen LogP contribution < -0.4 is 9.30 Å². The van der Waals surface area contributed by atoms with Crippen molar-refractivity contribution < 1.29 is 9.30 Å². The Morgan fingerprint density at radius 3 is 2.37 bits per heavy atom. The van der Waals surface area contributed by atoms with Crippen molar-refractivity contribution in [3.05, 3.63) is 71.5 Å². The minimum Gasteiger partial charge on any atom is -0.455 e. The van der Waals surface area contributed by atoms with Crippen molar-refractivity contribution in [3.8, 4) is 22.8 Å². The molecule has 3 heteroatoms. The van der Waals surface area contributed by atoms with Crippen LogP contribution in [0.5, 0.6) is 11.5 Å². The Labute approximate surface area is 207 Å². The summed E-state index contributed by atoms with van der Waals surface area (Å²) in [5, 5.41) is 6.12. The molecular formula is C32H33N2O+. The summed E-state index contributed by atoms with van der Waals surface area (Å²) < 4.78 is 9.13. The van der Waals surface area contributed by atoms with Gasteiger partial charge in [-0.2, -0.15) is 0 Å². The molecule has 1 aliphatic rings. The molecule has 0 radical (unpaired) electrons. The van der Waals surface area contributed by atoms with E-state index >= 15 is 0 Å². The molecule has 35 heavy (non-hydrogen) atoms. The Hall–Kier alpha value is -3.46. The Morgan fingerprint density at radius 2 is 1.66 bits per heavy atom. The average molecular weight is 462 g/mol. The number of fused-ring (bicyclic) bond motifs is 5. The topological polar surface area (TPSA) is 26.0 Å². The van der Waals surface area contributed by atoms with Gasteiger partial charge in [-0.1, -0.05) is 71.0 Å². The van der Waals surface area contributed by atoms with E-state index in [1.165, 1.54) is 49.5 Å². The molecule has 0 bridgehead atoms. The van der Waals surface area contributed by atoms with Crippen LogP contribution in [0, 0.1) is 12.3 Å². The van der Waals surface area contributed by atoms with Gasteiger partial charge in [0.25, 0.3) is 6.33 Å². The van der Waals surface area contributed by atoms with Crippen molar-refractivity contribution in [2.24, 2.45) is 12.5 Å². The van der Waals surface area contributed by atoms with Gasteiger partial charge in [0.2, 0.25) is 0 Å². The fourth-order valence-corrected chi connectivity index (χ4v) is 5.90. The molecule has 0 spiro atoms. The van der Waals surface area contributed by atoms with Gasteiger partial charge in [0.1, 0.15) is 16.9 Å². The highest BCUT2D eigenvalue weighted by atomic mass is 16.5. The molecule has 0 fully saturated rings. The number of aryl methyl sites for hydroxylation is 2. The Bertz CT molecular complexity index is 1670. The van der Waals surface area contributed by atoms with Gasteiger partial charge in [0, 0.05) is 10.9 Å². The monoisotopic (exact) mass is 461 g/mol. The summed E-state index contributed by atoms with van der Waals surface area (Å²) in [6, 6.07) is 17.6. The second-order valence-electron chi connectivity index (χ2n) is 11.6. The number of ether oxygens (including phenoxy) is 1. The summed E-state index contributed by atoms with van der Waals surface area (Å²) in [6.07, 6.45) is 2.91. The largest absolute Gasteiger partial charge is 0.455 e. The highest BCUT2D eigenvalue weighted by Crippen LogP contribution is 2.52. The Balaban J connectivity index is 1.81. The lowest BCUT2D eigenvalue weighted by atomic mass is 9.81. The molecule has 6 rings (SSSR count). The third-order valence-electron chi connectivity index (χ3n) is 7.41. The zero-order valence-corrected chi connectivity index (χ0v) is 21.8. The number of nitrogens with zero attached hydrogens (tertiary/aromatic N) is 2. The van der Waals surface area contributed by atoms with Crippen molar-refractivity contribution in [2.75, 3.05) is 0 Å². The van der Waals surface area contributed by atoms with Gasteiger partial charge in [-0.05, 0) is 69.1 Å². The summed E-state index contributed by atoms with van der Waals surface area (Å²) in [5.74, 6) is 2.34. The van der Waals surface area contributed by atoms with Crippen molar-refractivity contribution in [2.45, 2.75) is 53.9 Å². The van der Waals surface area contributed by atoms with Crippen molar-refractivity contribution in [3.63, 3.8) is 0 Å². The second kappa shape index (κ2) is 7.52. The van der Waals surface area contributed by atoms with E-state index in [-0.39, 0.29) is 5.41 Å². The number of aromatic nitrogens is 2. The van der Waals surface area contributed by atoms with Crippen molar-refractivity contribution >= 4 is 32.4 Å². The molecule has 0 saturated carbocycles. The maximum atomic E-state index is 6.96. The highest BCUT2D eigenvalue weighted by Gasteiger charge is 2.34. The SMILES string of the molecule is Cc1c2c(c(CC(C)(C)C)c3ccccc13)Oc1cc3c(C(C)C)cccc3c3nc[n+](C)c-2c13. The van der Waals surface area contributed by atoms with Gasteiger partial charge in [-0.25, -0.2) is 4.57 Å². The van der Waals surface area contributed by atoms with E-state index in [0.717, 1.165) is 28.8 Å². The number of rotatable bonds is 2. The lowest BCUT2D eigenvalue weighted by Crippen LogP contribution is -2.33. The van der Waals surface area contributed by atoms with Crippen LogP contribution in [0.4, 0.5) is 0 Å². The standard InChI is InChI=1S/C32H33N2O/c1-18(2)20-13-10-14-23-24(20)15-26-28-29(23)33-17-34(7)30(28)27-19(3)21-11-8-9-12-22(21)25(31(27)35-26)16-32(4,5)6/h8-15,17-18H,16H2,1-7H3/q+1. The maximum Gasteiger partial charge on any atom is 0.287 e. The van der Waals surface area contributed by atoms with Crippen LogP contribution in [0.2, 0.25) is 0 Å². The van der Waals surface area contributed by atoms with E-state index in [2.05, 4.69) is 102 Å². The van der Waals surface area contributed by atoms with Gasteiger partial charge >= 0.3 is 0 Å². The van der Waals surface area contributed by atoms with Crippen molar-refractivity contribution in [1.29, 1.82) is 0 Å². The molecule has 176 valence electrons. The van der Waals surface area contributed by atoms with E-state index in [9.17, 15) is 0 Å². The van der Waals surface area contributed by atoms with Gasteiger partial charge in [-0.15, -0.1) is 0 Å². The average Bonchev–Trinajstić information content (AvgIpc) is 2.81. The smallest absolute Gasteiger partial charge is 0.287 e. The minimum absolute atomic E-state index is 0.124. The Morgan fingerprint density at radius 1 is 0.943 bits per heavy atom. The predicted octanol–water partition coefficient (Wildman–Crippen LogP) is 8.16. The second-order valence-corrected chi connectivity index (χ2v) is 11.6. The van der Waals surface area contributed by atoms with Gasteiger partial charge < -0.3 is 4.74 Å². The van der Waals surface area contributed by atoms with E-state index in [0.29, 0.717) is 5.92 Å². The fourth-order valence-electron chi connectivity index (χ4n) is 5.90. The zero-order valence-electron chi connectivity index (χ0n) is 21.8. The van der Waals surface area contributed by atoms with Gasteiger partial charge in [-0.3, -0.25) is 0 Å². The van der Waals surface area contributed by atoms with Gasteiger partial charge in [0.15, 0.2) is 11.2 Å². The van der Waals surface area contributed by atoms with E-state index in [4.69, 9.17) is 9.72 Å².